The molecule has 7 aliphatic rings. The summed E-state index contributed by atoms with van der Waals surface area (Å²) in [6, 6.07) is 0. The van der Waals surface area contributed by atoms with Crippen molar-refractivity contribution in [2.24, 2.45) is 35.0 Å². The normalized spacial score (nSPS) is 45.7. The van der Waals surface area contributed by atoms with E-state index in [1.807, 2.05) is 6.08 Å². The van der Waals surface area contributed by atoms with Gasteiger partial charge >= 0.3 is 0 Å². The third-order valence-electron chi connectivity index (χ3n) is 12.8. The second-order valence-electron chi connectivity index (χ2n) is 15.7. The van der Waals surface area contributed by atoms with Gasteiger partial charge in [0.05, 0.1) is 36.6 Å². The van der Waals surface area contributed by atoms with Gasteiger partial charge in [0.25, 0.3) is 0 Å². The molecule has 49 heavy (non-hydrogen) atoms. The number of piperidine rings is 1. The van der Waals surface area contributed by atoms with Gasteiger partial charge in [0, 0.05) is 11.7 Å². The fraction of sp³-hybridized carbons (Fsp3) is 0.833. The lowest BCUT2D eigenvalue weighted by Gasteiger charge is -2.53. The molecule has 5 unspecified atom stereocenters. The van der Waals surface area contributed by atoms with Crippen molar-refractivity contribution < 1.29 is 44.6 Å². The van der Waals surface area contributed by atoms with Gasteiger partial charge in [-0.15, -0.1) is 0 Å². The van der Waals surface area contributed by atoms with Crippen LogP contribution in [-0.4, -0.2) is 104 Å². The fourth-order valence-corrected chi connectivity index (χ4v) is 12.4. The van der Waals surface area contributed by atoms with Crippen molar-refractivity contribution in [2.75, 3.05) is 24.8 Å². The summed E-state index contributed by atoms with van der Waals surface area (Å²) in [6.07, 6.45) is 7.61. The zero-order valence-corrected chi connectivity index (χ0v) is 29.8. The molecule has 0 aromatic heterocycles. The number of ketones is 2. The highest BCUT2D eigenvalue weighted by molar-refractivity contribution is 8.76. The number of hydrogen-bond donors (Lipinski definition) is 7. The van der Waals surface area contributed by atoms with Crippen molar-refractivity contribution in [3.63, 3.8) is 0 Å². The number of aliphatic hydroxyl groups is 5. The van der Waals surface area contributed by atoms with E-state index in [1.165, 1.54) is 30.1 Å². The fourth-order valence-electron chi connectivity index (χ4n) is 10.00. The molecule has 0 aromatic carbocycles. The molecule has 7 rings (SSSR count). The first-order valence-corrected chi connectivity index (χ1v) is 21.1. The Morgan fingerprint density at radius 2 is 1.76 bits per heavy atom. The Hall–Kier alpha value is -1.00. The van der Waals surface area contributed by atoms with Gasteiger partial charge in [-0.1, -0.05) is 66.2 Å². The van der Waals surface area contributed by atoms with E-state index in [1.54, 1.807) is 16.9 Å². The predicted molar refractivity (Wildman–Crippen MR) is 186 cm³/mol. The van der Waals surface area contributed by atoms with E-state index >= 15 is 4.79 Å². The summed E-state index contributed by atoms with van der Waals surface area (Å²) < 4.78 is 12.3. The van der Waals surface area contributed by atoms with Crippen molar-refractivity contribution >= 4 is 33.2 Å². The Morgan fingerprint density at radius 3 is 2.55 bits per heavy atom. The number of carbonyl (C=O) groups excluding carboxylic acids is 2. The van der Waals surface area contributed by atoms with Gasteiger partial charge in [-0.2, -0.15) is 0 Å². The minimum Gasteiger partial charge on any atom is -0.511 e. The molecule has 274 valence electrons. The lowest BCUT2D eigenvalue weighted by atomic mass is 9.52. The molecular weight excluding hydrogens is 669 g/mol. The zero-order valence-electron chi connectivity index (χ0n) is 28.2. The van der Waals surface area contributed by atoms with E-state index < -0.39 is 66.1 Å². The molecular formula is C36H54N2O9S2. The van der Waals surface area contributed by atoms with E-state index in [0.717, 1.165) is 44.2 Å². The van der Waals surface area contributed by atoms with E-state index in [0.29, 0.717) is 37.5 Å². The maximum atomic E-state index is 15.0. The number of nitrogens with one attached hydrogen (secondary N) is 2. The number of hydrogen-bond acceptors (Lipinski definition) is 13. The average Bonchev–Trinajstić information content (AvgIpc) is 3.11. The van der Waals surface area contributed by atoms with Gasteiger partial charge in [-0.25, -0.2) is 0 Å². The predicted octanol–water partition coefficient (Wildman–Crippen LogP) is 3.11. The highest BCUT2D eigenvalue weighted by Crippen LogP contribution is 2.56. The van der Waals surface area contributed by atoms with Crippen molar-refractivity contribution in [3.8, 4) is 0 Å². The molecule has 6 bridgehead atoms. The van der Waals surface area contributed by atoms with E-state index in [9.17, 15) is 30.3 Å². The number of allylic oxidation sites excluding steroid dienone is 4. The second kappa shape index (κ2) is 15.2. The van der Waals surface area contributed by atoms with E-state index in [-0.39, 0.29) is 41.6 Å². The lowest BCUT2D eigenvalue weighted by Crippen LogP contribution is -2.68. The van der Waals surface area contributed by atoms with Crippen LogP contribution in [0.15, 0.2) is 23.5 Å². The molecule has 3 aliphatic heterocycles. The van der Waals surface area contributed by atoms with Crippen molar-refractivity contribution in [1.82, 2.24) is 10.6 Å². The molecule has 3 saturated heterocycles. The van der Waals surface area contributed by atoms with Crippen LogP contribution in [0.25, 0.3) is 0 Å². The number of ether oxygens (including phenoxy) is 2. The van der Waals surface area contributed by atoms with Crippen LogP contribution >= 0.6 is 21.6 Å². The van der Waals surface area contributed by atoms with Crippen LogP contribution in [0.1, 0.15) is 83.5 Å². The standard InChI is InChI=1S/C36H54N2O9S2/c39-17-26-31(42)36(45)11-9-21-10-12-37-28(16-21)38-19-49-48-18-35-24(14-22(15-27(35)40)13-20-5-2-1-3-6-20)30(41)23-7-4-8-25(29(23)32(35)43)46-34(47-26)33(36)44/h14-15,20-21,23-26,28-29,31,33-34,37-40,42,44-45H,1-13,16-19H2/t21?,23?,24-,25?,26-,28?,29?,31-,33+,34+,35+,36+/m1/s1. The summed E-state index contributed by atoms with van der Waals surface area (Å²) in [5.74, 6) is -1.06. The average molecular weight is 723 g/mol. The van der Waals surface area contributed by atoms with Crippen LogP contribution in [0.3, 0.4) is 0 Å². The molecule has 6 fully saturated rings. The van der Waals surface area contributed by atoms with Crippen molar-refractivity contribution in [1.29, 1.82) is 0 Å². The van der Waals surface area contributed by atoms with Gasteiger partial charge in [0.2, 0.25) is 0 Å². The zero-order chi connectivity index (χ0) is 34.3. The van der Waals surface area contributed by atoms with Gasteiger partial charge in [0.15, 0.2) is 12.1 Å². The molecule has 0 amide bonds. The first kappa shape index (κ1) is 36.4. The second-order valence-corrected chi connectivity index (χ2v) is 18.2. The van der Waals surface area contributed by atoms with Crippen LogP contribution in [0, 0.1) is 35.0 Å². The molecule has 12 atom stereocenters. The van der Waals surface area contributed by atoms with Crippen LogP contribution in [0.5, 0.6) is 0 Å². The Morgan fingerprint density at radius 1 is 0.939 bits per heavy atom. The highest BCUT2D eigenvalue weighted by atomic mass is 33.1. The topological polar surface area (TPSA) is 178 Å². The molecule has 0 aromatic rings. The SMILES string of the molecule is O=C1C2CCCC3O[C@H]4O[C@H](CO)[C@@H](O)[C@@](O)(CCC5CCNC(C5)NCSSC[C@@]5(C(=O)C32)C(O)=CC(CC2CCCCC2)=C[C@H]15)[C@H]4O. The van der Waals surface area contributed by atoms with Crippen LogP contribution in [-0.2, 0) is 19.1 Å². The minimum absolute atomic E-state index is 0.0204. The molecule has 3 saturated carbocycles. The number of aliphatic hydroxyl groups excluding tert-OH is 4. The van der Waals surface area contributed by atoms with Gasteiger partial charge in [-0.3, -0.25) is 14.9 Å². The van der Waals surface area contributed by atoms with E-state index in [4.69, 9.17) is 9.47 Å². The Balaban J connectivity index is 1.23. The van der Waals surface area contributed by atoms with Gasteiger partial charge in [-0.05, 0) is 75.0 Å². The Labute approximate surface area is 296 Å². The number of fused-ring (bicyclic) bond motifs is 4. The van der Waals surface area contributed by atoms with Crippen LogP contribution in [0.2, 0.25) is 0 Å². The number of rotatable bonds is 3. The maximum Gasteiger partial charge on any atom is 0.187 e. The number of carbonyl (C=O) groups is 2. The van der Waals surface area contributed by atoms with Crippen molar-refractivity contribution in [2.45, 2.75) is 126 Å². The largest absolute Gasteiger partial charge is 0.511 e. The summed E-state index contributed by atoms with van der Waals surface area (Å²) in [4.78, 5) is 29.6. The maximum absolute atomic E-state index is 15.0. The summed E-state index contributed by atoms with van der Waals surface area (Å²) in [5, 5.41) is 63.8. The molecule has 3 heterocycles. The first-order chi connectivity index (χ1) is 23.7. The Kier molecular flexibility index (Phi) is 11.2. The smallest absolute Gasteiger partial charge is 0.187 e. The highest BCUT2D eigenvalue weighted by Gasteiger charge is 2.64. The lowest BCUT2D eigenvalue weighted by molar-refractivity contribution is -0.346. The summed E-state index contributed by atoms with van der Waals surface area (Å²) >= 11 is 0. The van der Waals surface area contributed by atoms with Crippen LogP contribution < -0.4 is 10.6 Å². The molecule has 0 radical (unpaired) electrons. The summed E-state index contributed by atoms with van der Waals surface area (Å²) in [6.45, 7) is 0.176. The number of Topliss-reactive ketones (excluding diaryl/α,β-unsaturated/α-hetero) is 2. The molecule has 7 N–H and O–H groups in total. The van der Waals surface area contributed by atoms with Gasteiger partial charge < -0.3 is 40.3 Å². The van der Waals surface area contributed by atoms with E-state index in [2.05, 4.69) is 10.6 Å². The summed E-state index contributed by atoms with van der Waals surface area (Å²) in [5.41, 5.74) is -2.52. The third kappa shape index (κ3) is 6.84. The first-order valence-electron chi connectivity index (χ1n) is 18.6. The van der Waals surface area contributed by atoms with Crippen molar-refractivity contribution in [3.05, 3.63) is 23.5 Å². The molecule has 11 nitrogen and oxygen atoms in total. The molecule has 1 spiro atoms. The Bertz CT molecular complexity index is 1290. The third-order valence-corrected chi connectivity index (χ3v) is 15.1. The summed E-state index contributed by atoms with van der Waals surface area (Å²) in [7, 11) is 3.06. The van der Waals surface area contributed by atoms with Crippen LogP contribution in [0.4, 0.5) is 0 Å². The molecule has 13 heteroatoms. The molecule has 4 aliphatic carbocycles. The quantitative estimate of drug-likeness (QED) is 0.212. The monoisotopic (exact) mass is 722 g/mol. The van der Waals surface area contributed by atoms with Gasteiger partial charge in [0.1, 0.15) is 40.9 Å². The minimum atomic E-state index is -2.02.